The molecule has 0 radical (unpaired) electrons. The molecule has 0 aliphatic carbocycles. The van der Waals surface area contributed by atoms with E-state index < -0.39 is 0 Å². The number of rotatable bonds is 0. The van der Waals surface area contributed by atoms with Crippen LogP contribution in [0, 0.1) is 0 Å². The Morgan fingerprint density at radius 1 is 1.00 bits per heavy atom. The van der Waals surface area contributed by atoms with Crippen LogP contribution >= 0.6 is 0 Å². The van der Waals surface area contributed by atoms with Crippen molar-refractivity contribution in [2.45, 2.75) is 12.1 Å². The molecule has 4 heteroatoms. The van der Waals surface area contributed by atoms with E-state index >= 15 is 0 Å². The maximum Gasteiger partial charge on any atom is 0.0713 e. The molecular weight excluding hydrogens is 132 g/mol. The van der Waals surface area contributed by atoms with E-state index in [1.165, 1.54) is 0 Å². The van der Waals surface area contributed by atoms with Crippen molar-refractivity contribution in [1.82, 2.24) is 5.01 Å². The maximum absolute atomic E-state index is 5.76. The Kier molecular flexibility index (Phi) is 1.61. The molecule has 58 valence electrons. The molecule has 10 heavy (non-hydrogen) atoms. The van der Waals surface area contributed by atoms with Crippen molar-refractivity contribution in [3.05, 3.63) is 0 Å². The molecule has 0 atom stereocenters. The summed E-state index contributed by atoms with van der Waals surface area (Å²) >= 11 is 0. The predicted molar refractivity (Wildman–Crippen MR) is 35.2 cm³/mol. The Labute approximate surface area is 59.8 Å². The molecule has 2 aliphatic heterocycles. The molecule has 0 unspecified atom stereocenters. The van der Waals surface area contributed by atoms with Gasteiger partial charge in [-0.3, -0.25) is 5.84 Å². The highest BCUT2D eigenvalue weighted by molar-refractivity contribution is 4.82. The average molecular weight is 144 g/mol. The predicted octanol–water partition coefficient (Wildman–Crippen LogP) is -1.04. The van der Waals surface area contributed by atoms with Crippen LogP contribution in [-0.2, 0) is 9.47 Å². The summed E-state index contributed by atoms with van der Waals surface area (Å²) in [5.41, 5.74) is 0. The Hall–Kier alpha value is -0.160. The van der Waals surface area contributed by atoms with Crippen LogP contribution in [0.2, 0.25) is 0 Å². The number of hydrazine groups is 1. The molecule has 0 aromatic carbocycles. The molecule has 0 spiro atoms. The van der Waals surface area contributed by atoms with Gasteiger partial charge in [0, 0.05) is 0 Å². The fourth-order valence-corrected chi connectivity index (χ4v) is 1.42. The third-order valence-corrected chi connectivity index (χ3v) is 2.08. The van der Waals surface area contributed by atoms with Crippen LogP contribution in [0.3, 0.4) is 0 Å². The van der Waals surface area contributed by atoms with Gasteiger partial charge in [0.2, 0.25) is 0 Å². The monoisotopic (exact) mass is 144 g/mol. The molecule has 2 rings (SSSR count). The minimum Gasteiger partial charge on any atom is -0.378 e. The van der Waals surface area contributed by atoms with E-state index in [9.17, 15) is 0 Å². The highest BCUT2D eigenvalue weighted by atomic mass is 16.5. The summed E-state index contributed by atoms with van der Waals surface area (Å²) in [6.45, 7) is 2.86. The molecule has 0 aromatic rings. The molecule has 0 saturated carbocycles. The van der Waals surface area contributed by atoms with Gasteiger partial charge in [0.1, 0.15) is 0 Å². The van der Waals surface area contributed by atoms with Crippen LogP contribution in [0.1, 0.15) is 0 Å². The zero-order chi connectivity index (χ0) is 6.97. The first-order valence-corrected chi connectivity index (χ1v) is 3.56. The first kappa shape index (κ1) is 6.54. The van der Waals surface area contributed by atoms with E-state index in [1.807, 2.05) is 5.01 Å². The summed E-state index contributed by atoms with van der Waals surface area (Å²) in [7, 11) is 0. The smallest absolute Gasteiger partial charge is 0.0713 e. The largest absolute Gasteiger partial charge is 0.378 e. The van der Waals surface area contributed by atoms with Gasteiger partial charge in [-0.2, -0.15) is 0 Å². The number of nitrogens with two attached hydrogens (primary N) is 1. The Morgan fingerprint density at radius 3 is 1.70 bits per heavy atom. The fourth-order valence-electron chi connectivity index (χ4n) is 1.42. The highest BCUT2D eigenvalue weighted by Crippen LogP contribution is 2.14. The number of fused-ring (bicyclic) bond motifs is 2. The molecule has 4 nitrogen and oxygen atoms in total. The van der Waals surface area contributed by atoms with Crippen LogP contribution < -0.4 is 5.84 Å². The first-order valence-electron chi connectivity index (χ1n) is 3.56. The summed E-state index contributed by atoms with van der Waals surface area (Å²) in [5.74, 6) is 5.76. The van der Waals surface area contributed by atoms with Crippen molar-refractivity contribution >= 4 is 0 Å². The summed E-state index contributed by atoms with van der Waals surface area (Å²) in [6, 6.07) is 0.569. The molecule has 2 fully saturated rings. The lowest BCUT2D eigenvalue weighted by Gasteiger charge is -2.42. The van der Waals surface area contributed by atoms with Crippen LogP contribution in [0.5, 0.6) is 0 Å². The van der Waals surface area contributed by atoms with Gasteiger partial charge in [-0.25, -0.2) is 5.01 Å². The molecule has 2 bridgehead atoms. The van der Waals surface area contributed by atoms with Crippen LogP contribution in [0.25, 0.3) is 0 Å². The van der Waals surface area contributed by atoms with E-state index in [0.29, 0.717) is 26.4 Å². The van der Waals surface area contributed by atoms with E-state index in [-0.39, 0.29) is 12.1 Å². The minimum absolute atomic E-state index is 0.285. The Balaban J connectivity index is 2.05. The fraction of sp³-hybridized carbons (Fsp3) is 1.00. The average Bonchev–Trinajstić information content (AvgIpc) is 1.86. The van der Waals surface area contributed by atoms with Crippen molar-refractivity contribution in [3.63, 3.8) is 0 Å². The first-order chi connectivity index (χ1) is 4.88. The number of hydrogen-bond acceptors (Lipinski definition) is 4. The van der Waals surface area contributed by atoms with E-state index in [4.69, 9.17) is 15.3 Å². The summed E-state index contributed by atoms with van der Waals surface area (Å²) < 4.78 is 10.6. The van der Waals surface area contributed by atoms with Crippen molar-refractivity contribution < 1.29 is 9.47 Å². The second kappa shape index (κ2) is 2.47. The second-order valence-electron chi connectivity index (χ2n) is 2.83. The van der Waals surface area contributed by atoms with Gasteiger partial charge in [-0.15, -0.1) is 0 Å². The summed E-state index contributed by atoms with van der Waals surface area (Å²) in [6.07, 6.45) is 0. The van der Waals surface area contributed by atoms with Crippen LogP contribution in [-0.4, -0.2) is 43.5 Å². The van der Waals surface area contributed by atoms with Gasteiger partial charge in [-0.05, 0) is 0 Å². The van der Waals surface area contributed by atoms with Crippen LogP contribution in [0.4, 0.5) is 0 Å². The summed E-state index contributed by atoms with van der Waals surface area (Å²) in [4.78, 5) is 0. The lowest BCUT2D eigenvalue weighted by atomic mass is 10.1. The molecular formula is C6H12N2O2. The molecule has 2 N–H and O–H groups in total. The van der Waals surface area contributed by atoms with Crippen molar-refractivity contribution in [2.24, 2.45) is 5.84 Å². The molecule has 2 aliphatic rings. The van der Waals surface area contributed by atoms with E-state index in [0.717, 1.165) is 0 Å². The normalized spacial score (nSPS) is 41.7. The van der Waals surface area contributed by atoms with Crippen molar-refractivity contribution in [2.75, 3.05) is 26.4 Å². The topological polar surface area (TPSA) is 47.7 Å². The second-order valence-corrected chi connectivity index (χ2v) is 2.83. The van der Waals surface area contributed by atoms with Crippen molar-refractivity contribution in [1.29, 1.82) is 0 Å². The maximum atomic E-state index is 5.76. The molecule has 0 amide bonds. The molecule has 2 heterocycles. The van der Waals surface area contributed by atoms with Gasteiger partial charge < -0.3 is 9.47 Å². The lowest BCUT2D eigenvalue weighted by Crippen LogP contribution is -2.62. The van der Waals surface area contributed by atoms with Gasteiger partial charge in [0.25, 0.3) is 0 Å². The number of morpholine rings is 2. The van der Waals surface area contributed by atoms with E-state index in [1.54, 1.807) is 0 Å². The third-order valence-electron chi connectivity index (χ3n) is 2.08. The quantitative estimate of drug-likeness (QED) is 0.441. The number of nitrogens with zero attached hydrogens (tertiary/aromatic N) is 1. The lowest BCUT2D eigenvalue weighted by molar-refractivity contribution is -0.138. The zero-order valence-electron chi connectivity index (χ0n) is 5.82. The Morgan fingerprint density at radius 2 is 1.40 bits per heavy atom. The SMILES string of the molecule is NN1C2COCC1COC2. The standard InChI is InChI=1S/C6H12N2O2/c7-8-5-1-9-3-6(8)4-10-2-5/h5-6H,1-4,7H2. The van der Waals surface area contributed by atoms with E-state index in [2.05, 4.69) is 0 Å². The van der Waals surface area contributed by atoms with Gasteiger partial charge in [-0.1, -0.05) is 0 Å². The van der Waals surface area contributed by atoms with Crippen LogP contribution in [0.15, 0.2) is 0 Å². The molecule has 0 aromatic heterocycles. The molecule has 2 saturated heterocycles. The number of hydrogen-bond donors (Lipinski definition) is 1. The van der Waals surface area contributed by atoms with Gasteiger partial charge >= 0.3 is 0 Å². The van der Waals surface area contributed by atoms with Gasteiger partial charge in [0.15, 0.2) is 0 Å². The minimum atomic E-state index is 0.285. The Bertz CT molecular complexity index is 109. The summed E-state index contributed by atoms with van der Waals surface area (Å²) in [5, 5.41) is 1.87. The third kappa shape index (κ3) is 0.932. The van der Waals surface area contributed by atoms with Gasteiger partial charge in [0.05, 0.1) is 38.5 Å². The number of ether oxygens (including phenoxy) is 2. The highest BCUT2D eigenvalue weighted by Gasteiger charge is 2.32. The zero-order valence-corrected chi connectivity index (χ0v) is 5.82. The van der Waals surface area contributed by atoms with Crippen molar-refractivity contribution in [3.8, 4) is 0 Å².